The molecule has 8 nitrogen and oxygen atoms in total. The van der Waals surface area contributed by atoms with E-state index in [2.05, 4.69) is 15.0 Å². The number of carboxylic acids is 1. The van der Waals surface area contributed by atoms with Crippen LogP contribution in [0, 0.1) is 5.92 Å². The number of aromatic nitrogens is 1. The van der Waals surface area contributed by atoms with Gasteiger partial charge in [0.15, 0.2) is 0 Å². The van der Waals surface area contributed by atoms with E-state index in [1.807, 2.05) is 13.8 Å². The Morgan fingerprint density at radius 3 is 2.40 bits per heavy atom. The summed E-state index contributed by atoms with van der Waals surface area (Å²) < 4.78 is 63.1. The second-order valence-electron chi connectivity index (χ2n) is 8.35. The number of nitrogens with zero attached hydrogens (tertiary/aromatic N) is 2. The van der Waals surface area contributed by atoms with Crippen molar-refractivity contribution in [3.05, 3.63) is 42.0 Å². The number of pyridine rings is 1. The highest BCUT2D eigenvalue weighted by Gasteiger charge is 2.55. The van der Waals surface area contributed by atoms with E-state index in [1.54, 1.807) is 24.3 Å². The maximum atomic E-state index is 14.0. The van der Waals surface area contributed by atoms with Crippen molar-refractivity contribution in [2.45, 2.75) is 51.2 Å². The lowest BCUT2D eigenvalue weighted by Crippen LogP contribution is -2.55. The van der Waals surface area contributed by atoms with E-state index in [4.69, 9.17) is 9.84 Å². The van der Waals surface area contributed by atoms with Crippen molar-refractivity contribution in [3.63, 3.8) is 0 Å². The van der Waals surface area contributed by atoms with E-state index >= 15 is 0 Å². The molecular formula is C23H25F4N3O5. The Balaban J connectivity index is 1.95. The van der Waals surface area contributed by atoms with E-state index < -0.39 is 42.4 Å². The topological polar surface area (TPSA) is 101 Å². The van der Waals surface area contributed by atoms with Gasteiger partial charge in [-0.05, 0) is 36.5 Å². The number of hydrogen-bond donors (Lipinski definition) is 2. The van der Waals surface area contributed by atoms with E-state index in [9.17, 15) is 27.2 Å². The molecule has 0 saturated heterocycles. The number of benzene rings is 1. The fraction of sp³-hybridized carbons (Fsp3) is 0.435. The number of ether oxygens (including phenoxy) is 2. The van der Waals surface area contributed by atoms with Crippen LogP contribution >= 0.6 is 0 Å². The zero-order valence-electron chi connectivity index (χ0n) is 19.2. The highest BCUT2D eigenvalue weighted by molar-refractivity contribution is 6.03. The minimum absolute atomic E-state index is 0.0293. The first kappa shape index (κ1) is 26.0. The lowest BCUT2D eigenvalue weighted by Gasteiger charge is -2.45. The molecule has 0 unspecified atom stereocenters. The molecule has 1 aliphatic rings. The summed E-state index contributed by atoms with van der Waals surface area (Å²) >= 11 is 0. The molecule has 1 heterocycles. The number of anilines is 2. The van der Waals surface area contributed by atoms with Gasteiger partial charge in [-0.1, -0.05) is 32.0 Å². The van der Waals surface area contributed by atoms with Crippen molar-refractivity contribution >= 4 is 23.4 Å². The van der Waals surface area contributed by atoms with Crippen LogP contribution in [0.4, 0.5) is 33.7 Å². The van der Waals surface area contributed by atoms with Gasteiger partial charge in [-0.15, -0.1) is 0 Å². The monoisotopic (exact) mass is 499 g/mol. The standard InChI is InChI=1S/C23H25F4N3O5/c1-12(2)15-6-4-5-7-17(15)30(14-10-13(11-14)23(26,27)20(31)32)22(33)28-16-8-9-18(34-3)29-19(16)35-21(24)25/h4-9,12-14,21H,10-11H2,1-3H3,(H,28,33)(H,31,32). The van der Waals surface area contributed by atoms with Crippen LogP contribution in [0.3, 0.4) is 0 Å². The fourth-order valence-corrected chi connectivity index (χ4v) is 3.92. The lowest BCUT2D eigenvalue weighted by molar-refractivity contribution is -0.179. The average molecular weight is 499 g/mol. The smallest absolute Gasteiger partial charge is 0.388 e. The normalized spacial score (nSPS) is 17.6. The number of para-hydroxylation sites is 1. The average Bonchev–Trinajstić information content (AvgIpc) is 2.76. The molecule has 12 heteroatoms. The van der Waals surface area contributed by atoms with Crippen LogP contribution in [0.25, 0.3) is 0 Å². The van der Waals surface area contributed by atoms with Gasteiger partial charge in [-0.25, -0.2) is 9.59 Å². The van der Waals surface area contributed by atoms with Gasteiger partial charge in [0.05, 0.1) is 7.11 Å². The van der Waals surface area contributed by atoms with Crippen LogP contribution < -0.4 is 19.7 Å². The van der Waals surface area contributed by atoms with Crippen LogP contribution in [-0.4, -0.2) is 47.8 Å². The van der Waals surface area contributed by atoms with Crippen LogP contribution in [0.5, 0.6) is 11.8 Å². The van der Waals surface area contributed by atoms with Gasteiger partial charge < -0.3 is 19.9 Å². The highest BCUT2D eigenvalue weighted by Crippen LogP contribution is 2.45. The van der Waals surface area contributed by atoms with Crippen molar-refractivity contribution in [1.29, 1.82) is 0 Å². The van der Waals surface area contributed by atoms with Gasteiger partial charge in [0.1, 0.15) is 5.69 Å². The third-order valence-electron chi connectivity index (χ3n) is 5.80. The lowest BCUT2D eigenvalue weighted by atomic mass is 9.75. The van der Waals surface area contributed by atoms with Crippen LogP contribution in [0.1, 0.15) is 38.2 Å². The van der Waals surface area contributed by atoms with Crippen LogP contribution in [-0.2, 0) is 4.79 Å². The number of alkyl halides is 4. The Kier molecular flexibility index (Phi) is 7.71. The molecule has 0 aliphatic heterocycles. The number of carbonyl (C=O) groups is 2. The predicted octanol–water partition coefficient (Wildman–Crippen LogP) is 5.35. The molecule has 0 radical (unpaired) electrons. The first-order valence-electron chi connectivity index (χ1n) is 10.8. The Bertz CT molecular complexity index is 1080. The van der Waals surface area contributed by atoms with Gasteiger partial charge in [0.25, 0.3) is 0 Å². The third-order valence-corrected chi connectivity index (χ3v) is 5.80. The summed E-state index contributed by atoms with van der Waals surface area (Å²) in [4.78, 5) is 29.4. The van der Waals surface area contributed by atoms with Crippen LogP contribution in [0.15, 0.2) is 36.4 Å². The van der Waals surface area contributed by atoms with Gasteiger partial charge in [-0.3, -0.25) is 4.90 Å². The molecule has 1 aromatic carbocycles. The second-order valence-corrected chi connectivity index (χ2v) is 8.35. The van der Waals surface area contributed by atoms with Crippen molar-refractivity contribution in [1.82, 2.24) is 4.98 Å². The molecule has 3 rings (SSSR count). The summed E-state index contributed by atoms with van der Waals surface area (Å²) in [5.74, 6) is -8.27. The minimum Gasteiger partial charge on any atom is -0.481 e. The molecule has 0 bridgehead atoms. The molecular weight excluding hydrogens is 474 g/mol. The minimum atomic E-state index is -3.94. The predicted molar refractivity (Wildman–Crippen MR) is 119 cm³/mol. The Hall–Kier alpha value is -3.57. The summed E-state index contributed by atoms with van der Waals surface area (Å²) in [6.45, 7) is 0.548. The number of hydrogen-bond acceptors (Lipinski definition) is 5. The van der Waals surface area contributed by atoms with Gasteiger partial charge >= 0.3 is 24.5 Å². The molecule has 2 N–H and O–H groups in total. The number of rotatable bonds is 9. The summed E-state index contributed by atoms with van der Waals surface area (Å²) in [6.07, 6.45) is -0.527. The molecule has 2 amide bonds. The summed E-state index contributed by atoms with van der Waals surface area (Å²) in [7, 11) is 1.28. The molecule has 0 atom stereocenters. The Labute approximate surface area is 198 Å². The summed E-state index contributed by atoms with van der Waals surface area (Å²) in [5.41, 5.74) is 0.989. The molecule has 1 fully saturated rings. The molecule has 2 aromatic rings. The molecule has 1 aromatic heterocycles. The van der Waals surface area contributed by atoms with Crippen molar-refractivity contribution < 1.29 is 41.7 Å². The van der Waals surface area contributed by atoms with Gasteiger partial charge in [0.2, 0.25) is 11.8 Å². The van der Waals surface area contributed by atoms with Crippen molar-refractivity contribution in [2.75, 3.05) is 17.3 Å². The number of carbonyl (C=O) groups excluding carboxylic acids is 1. The Morgan fingerprint density at radius 2 is 1.83 bits per heavy atom. The number of methoxy groups -OCH3 is 1. The quantitative estimate of drug-likeness (QED) is 0.451. The maximum absolute atomic E-state index is 14.0. The molecule has 0 spiro atoms. The zero-order chi connectivity index (χ0) is 25.9. The van der Waals surface area contributed by atoms with E-state index in [0.717, 1.165) is 5.56 Å². The van der Waals surface area contributed by atoms with Gasteiger partial charge in [-0.2, -0.15) is 22.5 Å². The number of halogens is 4. The Morgan fingerprint density at radius 1 is 1.17 bits per heavy atom. The molecule has 1 saturated carbocycles. The summed E-state index contributed by atoms with van der Waals surface area (Å²) in [5, 5.41) is 11.3. The first-order valence-corrected chi connectivity index (χ1v) is 10.8. The van der Waals surface area contributed by atoms with Gasteiger partial charge in [0, 0.05) is 23.7 Å². The van der Waals surface area contributed by atoms with E-state index in [0.29, 0.717) is 5.69 Å². The molecule has 1 aliphatic carbocycles. The SMILES string of the molecule is COc1ccc(NC(=O)N(c2ccccc2C(C)C)C2CC(C(F)(F)C(=O)O)C2)c(OC(F)F)n1. The maximum Gasteiger partial charge on any atom is 0.388 e. The summed E-state index contributed by atoms with van der Waals surface area (Å²) in [6, 6.07) is 7.89. The zero-order valence-corrected chi connectivity index (χ0v) is 19.2. The highest BCUT2D eigenvalue weighted by atomic mass is 19.3. The largest absolute Gasteiger partial charge is 0.481 e. The fourth-order valence-electron chi connectivity index (χ4n) is 3.92. The number of amides is 2. The van der Waals surface area contributed by atoms with Crippen LogP contribution in [0.2, 0.25) is 0 Å². The number of nitrogens with one attached hydrogen (secondary N) is 1. The third kappa shape index (κ3) is 5.57. The van der Waals surface area contributed by atoms with Crippen molar-refractivity contribution in [2.24, 2.45) is 5.92 Å². The number of aliphatic carboxylic acids is 1. The molecule has 35 heavy (non-hydrogen) atoms. The van der Waals surface area contributed by atoms with E-state index in [-0.39, 0.29) is 30.3 Å². The molecule has 190 valence electrons. The number of carboxylic acid groups (broad SMARTS) is 1. The number of urea groups is 1. The van der Waals surface area contributed by atoms with E-state index in [1.165, 1.54) is 24.1 Å². The van der Waals surface area contributed by atoms with Crippen molar-refractivity contribution in [3.8, 4) is 11.8 Å². The first-order chi connectivity index (χ1) is 16.4. The second kappa shape index (κ2) is 10.4.